The maximum atomic E-state index is 12.5. The number of anilines is 1. The van der Waals surface area contributed by atoms with Crippen LogP contribution in [0.2, 0.25) is 5.02 Å². The van der Waals surface area contributed by atoms with Crippen molar-refractivity contribution in [2.45, 2.75) is 0 Å². The van der Waals surface area contributed by atoms with E-state index in [-0.39, 0.29) is 5.82 Å². The number of aromatic nitrogens is 4. The van der Waals surface area contributed by atoms with Gasteiger partial charge >= 0.3 is 5.69 Å². The van der Waals surface area contributed by atoms with Gasteiger partial charge < -0.3 is 5.73 Å². The average molecular weight is 338 g/mol. The number of benzene rings is 2. The molecule has 4 rings (SSSR count). The fourth-order valence-corrected chi connectivity index (χ4v) is 2.95. The van der Waals surface area contributed by atoms with Gasteiger partial charge in [-0.2, -0.15) is 10.1 Å². The summed E-state index contributed by atoms with van der Waals surface area (Å²) in [5, 5.41) is 5.32. The molecule has 0 amide bonds. The zero-order valence-corrected chi connectivity index (χ0v) is 13.2. The summed E-state index contributed by atoms with van der Waals surface area (Å²) in [6, 6.07) is 14.5. The number of halogens is 1. The molecule has 118 valence electrons. The van der Waals surface area contributed by atoms with Crippen LogP contribution in [-0.4, -0.2) is 19.3 Å². The SMILES string of the molecule is Nc1nc(=O)n(-c2ccccc2)c2cc(Cl)cc(-n3cccn3)c12. The molecule has 0 fully saturated rings. The number of fused-ring (bicyclic) bond motifs is 1. The second-order valence-electron chi connectivity index (χ2n) is 5.22. The third kappa shape index (κ3) is 2.24. The van der Waals surface area contributed by atoms with Crippen LogP contribution in [0.1, 0.15) is 0 Å². The summed E-state index contributed by atoms with van der Waals surface area (Å²) in [5.74, 6) is 0.143. The highest BCUT2D eigenvalue weighted by Crippen LogP contribution is 2.30. The molecule has 2 heterocycles. The number of rotatable bonds is 2. The van der Waals surface area contributed by atoms with Gasteiger partial charge in [-0.1, -0.05) is 29.8 Å². The normalized spacial score (nSPS) is 11.0. The molecule has 0 saturated heterocycles. The van der Waals surface area contributed by atoms with Crippen molar-refractivity contribution >= 4 is 28.3 Å². The predicted octanol–water partition coefficient (Wildman–Crippen LogP) is 2.81. The summed E-state index contributed by atoms with van der Waals surface area (Å²) in [7, 11) is 0. The molecule has 0 aliphatic carbocycles. The first-order valence-corrected chi connectivity index (χ1v) is 7.60. The molecule has 0 spiro atoms. The van der Waals surface area contributed by atoms with Crippen molar-refractivity contribution in [3.05, 3.63) is 76.4 Å². The van der Waals surface area contributed by atoms with Gasteiger partial charge in [0.2, 0.25) is 0 Å². The minimum Gasteiger partial charge on any atom is -0.383 e. The first kappa shape index (κ1) is 14.5. The van der Waals surface area contributed by atoms with Gasteiger partial charge in [0.1, 0.15) is 5.82 Å². The maximum absolute atomic E-state index is 12.5. The Balaban J connectivity index is 2.18. The van der Waals surface area contributed by atoms with Crippen LogP contribution in [0.15, 0.2) is 65.7 Å². The second-order valence-corrected chi connectivity index (χ2v) is 5.66. The van der Waals surface area contributed by atoms with Crippen LogP contribution < -0.4 is 11.4 Å². The Morgan fingerprint density at radius 1 is 1.08 bits per heavy atom. The van der Waals surface area contributed by atoms with Crippen LogP contribution in [0.25, 0.3) is 22.3 Å². The van der Waals surface area contributed by atoms with Crippen molar-refractivity contribution in [3.63, 3.8) is 0 Å². The largest absolute Gasteiger partial charge is 0.383 e. The molecular weight excluding hydrogens is 326 g/mol. The quantitative estimate of drug-likeness (QED) is 0.610. The summed E-state index contributed by atoms with van der Waals surface area (Å²) in [6.45, 7) is 0. The van der Waals surface area contributed by atoms with Gasteiger partial charge in [-0.15, -0.1) is 0 Å². The minimum absolute atomic E-state index is 0.143. The van der Waals surface area contributed by atoms with Crippen LogP contribution in [0.4, 0.5) is 5.82 Å². The van der Waals surface area contributed by atoms with Crippen molar-refractivity contribution in [3.8, 4) is 11.4 Å². The van der Waals surface area contributed by atoms with E-state index in [1.165, 1.54) is 4.57 Å². The molecule has 0 atom stereocenters. The molecule has 24 heavy (non-hydrogen) atoms. The Labute approximate surface area is 141 Å². The number of para-hydroxylation sites is 1. The number of nitrogens with zero attached hydrogens (tertiary/aromatic N) is 4. The van der Waals surface area contributed by atoms with E-state index in [4.69, 9.17) is 17.3 Å². The first-order valence-electron chi connectivity index (χ1n) is 7.22. The van der Waals surface area contributed by atoms with Gasteiger partial charge in [0.25, 0.3) is 0 Å². The van der Waals surface area contributed by atoms with Gasteiger partial charge in [-0.3, -0.25) is 4.57 Å². The van der Waals surface area contributed by atoms with Crippen LogP contribution in [0.3, 0.4) is 0 Å². The average Bonchev–Trinajstić information content (AvgIpc) is 3.09. The van der Waals surface area contributed by atoms with Crippen molar-refractivity contribution in [1.82, 2.24) is 19.3 Å². The maximum Gasteiger partial charge on any atom is 0.354 e. The monoisotopic (exact) mass is 337 g/mol. The fourth-order valence-electron chi connectivity index (χ4n) is 2.75. The summed E-state index contributed by atoms with van der Waals surface area (Å²) in [6.07, 6.45) is 3.44. The number of hydrogen-bond donors (Lipinski definition) is 1. The van der Waals surface area contributed by atoms with Crippen molar-refractivity contribution in [2.24, 2.45) is 0 Å². The molecule has 2 aromatic heterocycles. The molecule has 7 heteroatoms. The molecule has 6 nitrogen and oxygen atoms in total. The lowest BCUT2D eigenvalue weighted by Crippen LogP contribution is -2.23. The van der Waals surface area contributed by atoms with Gasteiger partial charge in [0.15, 0.2) is 0 Å². The first-order chi connectivity index (χ1) is 11.6. The summed E-state index contributed by atoms with van der Waals surface area (Å²) in [5.41, 5.74) is 7.53. The van der Waals surface area contributed by atoms with Gasteiger partial charge in [-0.25, -0.2) is 9.48 Å². The standard InChI is InChI=1S/C17H12ClN5O/c18-11-9-13(22-8-4-7-20-22)15-14(10-11)23(17(24)21-16(15)19)12-5-2-1-3-6-12/h1-10H,(H2,19,21,24). The molecular formula is C17H12ClN5O. The second kappa shape index (κ2) is 5.50. The summed E-state index contributed by atoms with van der Waals surface area (Å²) >= 11 is 6.29. The molecule has 0 aliphatic rings. The molecule has 2 aromatic carbocycles. The lowest BCUT2D eigenvalue weighted by atomic mass is 10.1. The zero-order chi connectivity index (χ0) is 16.7. The Kier molecular flexibility index (Phi) is 3.32. The van der Waals surface area contributed by atoms with E-state index in [9.17, 15) is 4.79 Å². The highest BCUT2D eigenvalue weighted by Gasteiger charge is 2.16. The molecule has 0 bridgehead atoms. The predicted molar refractivity (Wildman–Crippen MR) is 93.9 cm³/mol. The minimum atomic E-state index is -0.458. The van der Waals surface area contributed by atoms with Crippen LogP contribution in [0.5, 0.6) is 0 Å². The Bertz CT molecular complexity index is 1090. The number of nitrogens with two attached hydrogens (primary N) is 1. The van der Waals surface area contributed by atoms with Crippen molar-refractivity contribution in [1.29, 1.82) is 0 Å². The molecule has 0 unspecified atom stereocenters. The van der Waals surface area contributed by atoms with Gasteiger partial charge in [0, 0.05) is 17.4 Å². The molecule has 0 radical (unpaired) electrons. The van der Waals surface area contributed by atoms with Crippen molar-refractivity contribution < 1.29 is 0 Å². The third-order valence-electron chi connectivity index (χ3n) is 3.73. The summed E-state index contributed by atoms with van der Waals surface area (Å²) < 4.78 is 3.14. The van der Waals surface area contributed by atoms with E-state index in [0.29, 0.717) is 27.3 Å². The van der Waals surface area contributed by atoms with E-state index in [0.717, 1.165) is 0 Å². The fraction of sp³-hybridized carbons (Fsp3) is 0. The number of nitrogen functional groups attached to an aromatic ring is 1. The Morgan fingerprint density at radius 3 is 2.58 bits per heavy atom. The van der Waals surface area contributed by atoms with E-state index >= 15 is 0 Å². The van der Waals surface area contributed by atoms with Gasteiger partial charge in [0.05, 0.1) is 22.3 Å². The molecule has 0 aliphatic heterocycles. The van der Waals surface area contributed by atoms with Crippen LogP contribution in [0, 0.1) is 0 Å². The highest BCUT2D eigenvalue weighted by atomic mass is 35.5. The Hall–Kier alpha value is -3.12. The highest BCUT2D eigenvalue weighted by molar-refractivity contribution is 6.31. The van der Waals surface area contributed by atoms with E-state index in [1.807, 2.05) is 30.3 Å². The molecule has 0 saturated carbocycles. The van der Waals surface area contributed by atoms with Crippen LogP contribution >= 0.6 is 11.6 Å². The van der Waals surface area contributed by atoms with E-state index in [1.54, 1.807) is 35.3 Å². The lowest BCUT2D eigenvalue weighted by molar-refractivity contribution is 0.883. The topological polar surface area (TPSA) is 78.7 Å². The molecule has 2 N–H and O–H groups in total. The lowest BCUT2D eigenvalue weighted by Gasteiger charge is -2.14. The Morgan fingerprint density at radius 2 is 1.88 bits per heavy atom. The number of hydrogen-bond acceptors (Lipinski definition) is 4. The smallest absolute Gasteiger partial charge is 0.354 e. The van der Waals surface area contributed by atoms with Crippen molar-refractivity contribution in [2.75, 3.05) is 5.73 Å². The molecule has 4 aromatic rings. The van der Waals surface area contributed by atoms with Crippen LogP contribution in [-0.2, 0) is 0 Å². The van der Waals surface area contributed by atoms with Gasteiger partial charge in [-0.05, 0) is 30.3 Å². The third-order valence-corrected chi connectivity index (χ3v) is 3.95. The summed E-state index contributed by atoms with van der Waals surface area (Å²) in [4.78, 5) is 16.4. The van der Waals surface area contributed by atoms with E-state index in [2.05, 4.69) is 10.1 Å². The zero-order valence-electron chi connectivity index (χ0n) is 12.4. The van der Waals surface area contributed by atoms with E-state index < -0.39 is 5.69 Å².